The Balaban J connectivity index is 1.54. The Bertz CT molecular complexity index is 1050. The average Bonchev–Trinajstić information content (AvgIpc) is 3.21. The van der Waals surface area contributed by atoms with Crippen molar-refractivity contribution in [3.8, 4) is 5.75 Å². The zero-order valence-electron chi connectivity index (χ0n) is 20.8. The number of rotatable bonds is 7. The number of carbonyl (C=O) groups is 2. The number of methoxy groups -OCH3 is 1. The van der Waals surface area contributed by atoms with Gasteiger partial charge < -0.3 is 49.2 Å². The van der Waals surface area contributed by atoms with Crippen molar-refractivity contribution in [1.29, 1.82) is 0 Å². The number of phenolic OH excluding ortho intramolecular Hbond substituents is 1. The van der Waals surface area contributed by atoms with Crippen LogP contribution in [0.2, 0.25) is 0 Å². The number of esters is 2. The number of fused-ring (bicyclic) bond motifs is 1. The predicted molar refractivity (Wildman–Crippen MR) is 128 cm³/mol. The first-order valence-electron chi connectivity index (χ1n) is 12.2. The van der Waals surface area contributed by atoms with Gasteiger partial charge in [0.05, 0.1) is 31.7 Å². The van der Waals surface area contributed by atoms with Crippen LogP contribution in [0.5, 0.6) is 5.75 Å². The zero-order chi connectivity index (χ0) is 27.6. The first kappa shape index (κ1) is 28.0. The Morgan fingerprint density at radius 3 is 2.47 bits per heavy atom. The van der Waals surface area contributed by atoms with Gasteiger partial charge >= 0.3 is 11.9 Å². The molecule has 2 fully saturated rings. The molecule has 1 saturated heterocycles. The van der Waals surface area contributed by atoms with Crippen molar-refractivity contribution in [2.45, 2.75) is 56.4 Å². The van der Waals surface area contributed by atoms with Gasteiger partial charge in [-0.25, -0.2) is 9.59 Å². The van der Waals surface area contributed by atoms with Crippen LogP contribution in [0, 0.1) is 17.8 Å². The number of aromatic hydroxyl groups is 1. The van der Waals surface area contributed by atoms with Gasteiger partial charge in [0.15, 0.2) is 6.10 Å². The Hall–Kier alpha value is -3.00. The number of carbonyl (C=O) groups excluding carboxylic acids is 2. The molecule has 1 aliphatic carbocycles. The Kier molecular flexibility index (Phi) is 8.71. The first-order chi connectivity index (χ1) is 18.1. The van der Waals surface area contributed by atoms with Gasteiger partial charge in [0, 0.05) is 17.9 Å². The summed E-state index contributed by atoms with van der Waals surface area (Å²) >= 11 is 0. The summed E-state index contributed by atoms with van der Waals surface area (Å²) in [6.07, 6.45) is -5.35. The fourth-order valence-electron chi connectivity index (χ4n) is 5.13. The molecule has 38 heavy (non-hydrogen) atoms. The largest absolute Gasteiger partial charge is 0.508 e. The van der Waals surface area contributed by atoms with E-state index in [9.17, 15) is 35.1 Å². The van der Waals surface area contributed by atoms with Crippen molar-refractivity contribution in [3.63, 3.8) is 0 Å². The van der Waals surface area contributed by atoms with Gasteiger partial charge in [-0.1, -0.05) is 19.1 Å². The fraction of sp³-hybridized carbons (Fsp3) is 0.538. The summed E-state index contributed by atoms with van der Waals surface area (Å²) in [7, 11) is 1.24. The number of ether oxygens (including phenoxy) is 5. The topological polar surface area (TPSA) is 181 Å². The first-order valence-corrected chi connectivity index (χ1v) is 12.2. The fourth-order valence-corrected chi connectivity index (χ4v) is 5.13. The molecule has 12 heteroatoms. The third kappa shape index (κ3) is 5.70. The Labute approximate surface area is 218 Å². The van der Waals surface area contributed by atoms with Crippen molar-refractivity contribution in [2.75, 3.05) is 13.7 Å². The molecular weight excluding hydrogens is 504 g/mol. The highest BCUT2D eigenvalue weighted by Crippen LogP contribution is 2.47. The molecule has 5 N–H and O–H groups in total. The Morgan fingerprint density at radius 1 is 1.11 bits per heavy atom. The second kappa shape index (κ2) is 11.8. The molecule has 2 heterocycles. The molecule has 208 valence electrons. The quantitative estimate of drug-likeness (QED) is 0.229. The van der Waals surface area contributed by atoms with Crippen LogP contribution >= 0.6 is 0 Å². The number of hydrogen-bond acceptors (Lipinski definition) is 12. The van der Waals surface area contributed by atoms with Gasteiger partial charge in [0.2, 0.25) is 12.6 Å². The van der Waals surface area contributed by atoms with E-state index in [-0.39, 0.29) is 23.7 Å². The molecule has 0 aromatic heterocycles. The summed E-state index contributed by atoms with van der Waals surface area (Å²) in [5, 5.41) is 50.6. The van der Waals surface area contributed by atoms with Crippen LogP contribution in [0.1, 0.15) is 18.9 Å². The standard InChI is InChI=1S/C26H32O12/c1-12-17(29)9-15-16(24(33)34-2)11-35-25(20(12)15)38-26-23(22(32)21(31)18(10-27)36-26)37-19(30)8-5-13-3-6-14(28)7-4-13/h3-8,11-12,15,17-18,20-23,25-29,31-32H,9-10H2,1-2H3. The molecule has 2 aliphatic heterocycles. The lowest BCUT2D eigenvalue weighted by molar-refractivity contribution is -0.343. The van der Waals surface area contributed by atoms with Gasteiger partial charge in [-0.05, 0) is 36.1 Å². The summed E-state index contributed by atoms with van der Waals surface area (Å²) in [5.41, 5.74) is 0.841. The highest BCUT2D eigenvalue weighted by atomic mass is 16.8. The number of aliphatic hydroxyl groups excluding tert-OH is 4. The minimum Gasteiger partial charge on any atom is -0.508 e. The van der Waals surface area contributed by atoms with E-state index in [4.69, 9.17) is 23.7 Å². The van der Waals surface area contributed by atoms with E-state index in [2.05, 4.69) is 0 Å². The van der Waals surface area contributed by atoms with Crippen LogP contribution in [-0.2, 0) is 33.3 Å². The third-order valence-corrected chi connectivity index (χ3v) is 7.29. The molecule has 0 radical (unpaired) electrons. The minimum absolute atomic E-state index is 0.0597. The molecular formula is C26H32O12. The van der Waals surface area contributed by atoms with Crippen LogP contribution < -0.4 is 0 Å². The normalized spacial score (nSPS) is 36.7. The second-order valence-corrected chi connectivity index (χ2v) is 9.58. The number of aliphatic hydroxyl groups is 4. The van der Waals surface area contributed by atoms with Gasteiger partial charge in [-0.15, -0.1) is 0 Å². The van der Waals surface area contributed by atoms with E-state index in [0.29, 0.717) is 5.56 Å². The lowest BCUT2D eigenvalue weighted by Gasteiger charge is -2.44. The van der Waals surface area contributed by atoms with Crippen LogP contribution in [0.15, 0.2) is 42.2 Å². The van der Waals surface area contributed by atoms with E-state index in [0.717, 1.165) is 6.08 Å². The summed E-state index contributed by atoms with van der Waals surface area (Å²) in [6.45, 7) is 1.12. The molecule has 10 atom stereocenters. The molecule has 10 unspecified atom stereocenters. The van der Waals surface area contributed by atoms with Gasteiger partial charge in [-0.3, -0.25) is 0 Å². The number of benzene rings is 1. The number of phenols is 1. The molecule has 1 aromatic rings. The van der Waals surface area contributed by atoms with Crippen molar-refractivity contribution in [1.82, 2.24) is 0 Å². The molecule has 3 aliphatic rings. The highest BCUT2D eigenvalue weighted by molar-refractivity contribution is 5.89. The van der Waals surface area contributed by atoms with Crippen molar-refractivity contribution in [2.24, 2.45) is 17.8 Å². The molecule has 1 aromatic carbocycles. The predicted octanol–water partition coefficient (Wildman–Crippen LogP) is -0.181. The third-order valence-electron chi connectivity index (χ3n) is 7.29. The van der Waals surface area contributed by atoms with Crippen LogP contribution in [0.4, 0.5) is 0 Å². The summed E-state index contributed by atoms with van der Waals surface area (Å²) in [6, 6.07) is 6.03. The van der Waals surface area contributed by atoms with Crippen LogP contribution in [0.3, 0.4) is 0 Å². The minimum atomic E-state index is -1.68. The maximum Gasteiger partial charge on any atom is 0.337 e. The summed E-state index contributed by atoms with van der Waals surface area (Å²) in [5.74, 6) is -2.75. The summed E-state index contributed by atoms with van der Waals surface area (Å²) in [4.78, 5) is 24.8. The number of hydrogen-bond donors (Lipinski definition) is 5. The van der Waals surface area contributed by atoms with E-state index in [1.54, 1.807) is 19.1 Å². The smallest absolute Gasteiger partial charge is 0.337 e. The summed E-state index contributed by atoms with van der Waals surface area (Å²) < 4.78 is 27.6. The molecule has 0 amide bonds. The van der Waals surface area contributed by atoms with E-state index < -0.39 is 73.5 Å². The Morgan fingerprint density at radius 2 is 1.82 bits per heavy atom. The lowest BCUT2D eigenvalue weighted by Crippen LogP contribution is -2.61. The molecule has 12 nitrogen and oxygen atoms in total. The van der Waals surface area contributed by atoms with Crippen molar-refractivity contribution in [3.05, 3.63) is 47.7 Å². The van der Waals surface area contributed by atoms with Gasteiger partial charge in [-0.2, -0.15) is 0 Å². The van der Waals surface area contributed by atoms with Gasteiger partial charge in [0.1, 0.15) is 24.1 Å². The van der Waals surface area contributed by atoms with Gasteiger partial charge in [0.25, 0.3) is 0 Å². The monoisotopic (exact) mass is 536 g/mol. The maximum absolute atomic E-state index is 12.6. The molecule has 4 rings (SSSR count). The highest BCUT2D eigenvalue weighted by Gasteiger charge is 2.54. The lowest BCUT2D eigenvalue weighted by atomic mass is 9.83. The zero-order valence-corrected chi connectivity index (χ0v) is 20.8. The molecule has 1 saturated carbocycles. The van der Waals surface area contributed by atoms with E-state index in [1.165, 1.54) is 31.6 Å². The average molecular weight is 537 g/mol. The van der Waals surface area contributed by atoms with Crippen molar-refractivity contribution < 1.29 is 58.8 Å². The SMILES string of the molecule is COC(=O)C1=COC(OC2OC(CO)C(O)C(O)C2OC(=O)C=Cc2ccc(O)cc2)C2C1CC(O)C2C. The molecule has 0 bridgehead atoms. The van der Waals surface area contributed by atoms with Crippen molar-refractivity contribution >= 4 is 18.0 Å². The van der Waals surface area contributed by atoms with Crippen LogP contribution in [0.25, 0.3) is 6.08 Å². The molecule has 0 spiro atoms. The second-order valence-electron chi connectivity index (χ2n) is 9.58. The maximum atomic E-state index is 12.6. The van der Waals surface area contributed by atoms with Crippen LogP contribution in [-0.4, -0.2) is 94.3 Å². The van der Waals surface area contributed by atoms with E-state index in [1.807, 2.05) is 0 Å². The van der Waals surface area contributed by atoms with E-state index >= 15 is 0 Å².